The highest BCUT2D eigenvalue weighted by atomic mass is 16.4. The molecule has 1 heterocycles. The van der Waals surface area contributed by atoms with Crippen LogP contribution in [0.5, 0.6) is 0 Å². The molecule has 0 saturated carbocycles. The van der Waals surface area contributed by atoms with Crippen LogP contribution in [0.3, 0.4) is 0 Å². The number of carboxylic acids is 1. The van der Waals surface area contributed by atoms with Crippen LogP contribution in [0.1, 0.15) is 38.8 Å². The summed E-state index contributed by atoms with van der Waals surface area (Å²) >= 11 is 0. The molecule has 190 valence electrons. The molecule has 0 bridgehead atoms. The van der Waals surface area contributed by atoms with Gasteiger partial charge in [0.1, 0.15) is 18.6 Å². The zero-order valence-corrected chi connectivity index (χ0v) is 19.4. The van der Waals surface area contributed by atoms with Crippen molar-refractivity contribution < 1.29 is 24.3 Å². The molecule has 1 aromatic heterocycles. The van der Waals surface area contributed by atoms with Crippen LogP contribution in [0.4, 0.5) is 0 Å². The van der Waals surface area contributed by atoms with E-state index in [2.05, 4.69) is 30.9 Å². The topological polar surface area (TPSA) is 244 Å². The number of aliphatic imine (C=N–C) groups is 1. The second-order valence-corrected chi connectivity index (χ2v) is 8.20. The van der Waals surface area contributed by atoms with Gasteiger partial charge >= 0.3 is 5.97 Å². The van der Waals surface area contributed by atoms with Gasteiger partial charge in [0.15, 0.2) is 5.96 Å². The second-order valence-electron chi connectivity index (χ2n) is 8.20. The van der Waals surface area contributed by atoms with Gasteiger partial charge in [-0.05, 0) is 25.2 Å². The minimum absolute atomic E-state index is 0.0265. The van der Waals surface area contributed by atoms with E-state index >= 15 is 0 Å². The number of hydrogen-bond acceptors (Lipinski definition) is 7. The number of rotatable bonds is 15. The third-order valence-corrected chi connectivity index (χ3v) is 4.67. The predicted octanol–water partition coefficient (Wildman–Crippen LogP) is -2.45. The van der Waals surface area contributed by atoms with Gasteiger partial charge in [-0.1, -0.05) is 13.8 Å². The number of imidazole rings is 1. The number of H-pyrrole nitrogens is 1. The zero-order valence-electron chi connectivity index (χ0n) is 19.4. The van der Waals surface area contributed by atoms with Gasteiger partial charge in [-0.2, -0.15) is 0 Å². The van der Waals surface area contributed by atoms with E-state index in [0.717, 1.165) is 0 Å². The summed E-state index contributed by atoms with van der Waals surface area (Å²) < 4.78 is 0. The van der Waals surface area contributed by atoms with E-state index < -0.39 is 48.4 Å². The smallest absolute Gasteiger partial charge is 0.322 e. The summed E-state index contributed by atoms with van der Waals surface area (Å²) in [4.78, 5) is 59.5. The maximum atomic E-state index is 13.1. The highest BCUT2D eigenvalue weighted by Gasteiger charge is 2.28. The molecule has 11 N–H and O–H groups in total. The van der Waals surface area contributed by atoms with Gasteiger partial charge in [-0.15, -0.1) is 0 Å². The number of carboxylic acid groups (broad SMARTS) is 1. The van der Waals surface area contributed by atoms with Crippen LogP contribution >= 0.6 is 0 Å². The van der Waals surface area contributed by atoms with Crippen molar-refractivity contribution in [2.24, 2.45) is 28.1 Å². The Morgan fingerprint density at radius 3 is 2.35 bits per heavy atom. The van der Waals surface area contributed by atoms with Crippen molar-refractivity contribution in [3.05, 3.63) is 18.2 Å². The molecule has 0 aliphatic rings. The average molecular weight is 482 g/mol. The molecule has 0 aliphatic carbocycles. The molecule has 1 aromatic rings. The number of aromatic nitrogens is 2. The highest BCUT2D eigenvalue weighted by molar-refractivity contribution is 5.93. The highest BCUT2D eigenvalue weighted by Crippen LogP contribution is 2.06. The first-order valence-corrected chi connectivity index (χ1v) is 10.9. The molecular weight excluding hydrogens is 446 g/mol. The SMILES string of the molecule is CC(C)CC(N)C(=O)NC(CCCN=C(N)N)C(=O)NC(Cc1cnc[nH]1)C(=O)NCC(=O)O. The minimum Gasteiger partial charge on any atom is -0.480 e. The van der Waals surface area contributed by atoms with Crippen molar-refractivity contribution in [2.45, 2.75) is 57.7 Å². The quantitative estimate of drug-likeness (QED) is 0.0751. The summed E-state index contributed by atoms with van der Waals surface area (Å²) in [5, 5.41) is 16.3. The van der Waals surface area contributed by atoms with Crippen LogP contribution in [0.25, 0.3) is 0 Å². The lowest BCUT2D eigenvalue weighted by Gasteiger charge is -2.24. The third-order valence-electron chi connectivity index (χ3n) is 4.67. The number of nitrogens with two attached hydrogens (primary N) is 3. The van der Waals surface area contributed by atoms with Gasteiger partial charge < -0.3 is 43.2 Å². The van der Waals surface area contributed by atoms with Crippen LogP contribution in [0, 0.1) is 5.92 Å². The second kappa shape index (κ2) is 14.5. The number of guanidine groups is 1. The van der Waals surface area contributed by atoms with Crippen molar-refractivity contribution in [1.82, 2.24) is 25.9 Å². The molecule has 0 spiro atoms. The summed E-state index contributed by atoms with van der Waals surface area (Å²) in [6.45, 7) is 3.46. The number of hydrogen-bond donors (Lipinski definition) is 8. The summed E-state index contributed by atoms with van der Waals surface area (Å²) in [6.07, 6.45) is 3.88. The Kier molecular flexibility index (Phi) is 12.1. The van der Waals surface area contributed by atoms with E-state index in [4.69, 9.17) is 22.3 Å². The van der Waals surface area contributed by atoms with Crippen molar-refractivity contribution >= 4 is 29.7 Å². The van der Waals surface area contributed by atoms with Gasteiger partial charge in [0, 0.05) is 24.9 Å². The summed E-state index contributed by atoms with van der Waals surface area (Å²) in [5.41, 5.74) is 17.1. The molecule has 0 aromatic carbocycles. The van der Waals surface area contributed by atoms with E-state index in [9.17, 15) is 19.2 Å². The largest absolute Gasteiger partial charge is 0.480 e. The molecule has 3 unspecified atom stereocenters. The Morgan fingerprint density at radius 2 is 1.79 bits per heavy atom. The van der Waals surface area contributed by atoms with Crippen molar-refractivity contribution in [3.8, 4) is 0 Å². The molecule has 14 nitrogen and oxygen atoms in total. The van der Waals surface area contributed by atoms with Crippen molar-refractivity contribution in [2.75, 3.05) is 13.1 Å². The Balaban J connectivity index is 2.96. The van der Waals surface area contributed by atoms with Crippen LogP contribution in [-0.2, 0) is 25.6 Å². The number of aliphatic carboxylic acids is 1. The van der Waals surface area contributed by atoms with Crippen LogP contribution in [0.2, 0.25) is 0 Å². The fourth-order valence-corrected chi connectivity index (χ4v) is 3.05. The molecule has 0 aliphatic heterocycles. The minimum atomic E-state index is -1.23. The molecule has 14 heteroatoms. The summed E-state index contributed by atoms with van der Waals surface area (Å²) in [7, 11) is 0. The van der Waals surface area contributed by atoms with Crippen LogP contribution in [-0.4, -0.2) is 75.9 Å². The monoisotopic (exact) mass is 481 g/mol. The van der Waals surface area contributed by atoms with E-state index in [1.165, 1.54) is 12.5 Å². The Bertz CT molecular complexity index is 837. The first kappa shape index (κ1) is 28.4. The Hall–Kier alpha value is -3.68. The van der Waals surface area contributed by atoms with Crippen LogP contribution < -0.4 is 33.2 Å². The van der Waals surface area contributed by atoms with Crippen molar-refractivity contribution in [3.63, 3.8) is 0 Å². The molecule has 3 amide bonds. The predicted molar refractivity (Wildman–Crippen MR) is 124 cm³/mol. The third kappa shape index (κ3) is 11.3. The van der Waals surface area contributed by atoms with E-state index in [0.29, 0.717) is 18.5 Å². The zero-order chi connectivity index (χ0) is 25.7. The lowest BCUT2D eigenvalue weighted by molar-refractivity contribution is -0.138. The fraction of sp³-hybridized carbons (Fsp3) is 0.600. The lowest BCUT2D eigenvalue weighted by Crippen LogP contribution is -2.56. The standard InChI is InChI=1S/C20H35N9O5/c1-11(2)6-13(21)17(32)28-14(4-3-5-25-20(22)23)19(34)29-15(7-12-8-24-10-27-12)18(33)26-9-16(30)31/h8,10-11,13-15H,3-7,9,21H2,1-2H3,(H,24,27)(H,26,33)(H,28,32)(H,29,34)(H,30,31)(H4,22,23,25). The molecular formula is C20H35N9O5. The fourth-order valence-electron chi connectivity index (χ4n) is 3.05. The number of carbonyl (C=O) groups is 4. The summed E-state index contributed by atoms with van der Waals surface area (Å²) in [5.74, 6) is -3.00. The van der Waals surface area contributed by atoms with E-state index in [-0.39, 0.29) is 31.3 Å². The molecule has 3 atom stereocenters. The van der Waals surface area contributed by atoms with Gasteiger partial charge in [-0.25, -0.2) is 4.98 Å². The summed E-state index contributed by atoms with van der Waals surface area (Å²) in [6, 6.07) is -2.95. The number of amides is 3. The molecule has 0 fully saturated rings. The molecule has 1 rings (SSSR count). The van der Waals surface area contributed by atoms with E-state index in [1.807, 2.05) is 13.8 Å². The maximum absolute atomic E-state index is 13.1. The van der Waals surface area contributed by atoms with Crippen LogP contribution in [0.15, 0.2) is 17.5 Å². The normalized spacial score (nSPS) is 13.4. The van der Waals surface area contributed by atoms with Gasteiger partial charge in [0.25, 0.3) is 0 Å². The van der Waals surface area contributed by atoms with Crippen molar-refractivity contribution in [1.29, 1.82) is 0 Å². The number of nitrogens with one attached hydrogen (secondary N) is 4. The Labute approximate surface area is 197 Å². The molecule has 34 heavy (non-hydrogen) atoms. The number of carbonyl (C=O) groups excluding carboxylic acids is 3. The van der Waals surface area contributed by atoms with Gasteiger partial charge in [0.2, 0.25) is 17.7 Å². The lowest BCUT2D eigenvalue weighted by atomic mass is 10.0. The average Bonchev–Trinajstić information content (AvgIpc) is 3.25. The van der Waals surface area contributed by atoms with E-state index in [1.54, 1.807) is 0 Å². The van der Waals surface area contributed by atoms with Gasteiger partial charge in [-0.3, -0.25) is 24.2 Å². The number of nitrogens with zero attached hydrogens (tertiary/aromatic N) is 2. The maximum Gasteiger partial charge on any atom is 0.322 e. The first-order chi connectivity index (χ1) is 16.0. The van der Waals surface area contributed by atoms with Gasteiger partial charge in [0.05, 0.1) is 12.4 Å². The first-order valence-electron chi connectivity index (χ1n) is 10.9. The Morgan fingerprint density at radius 1 is 1.12 bits per heavy atom. The molecule has 0 radical (unpaired) electrons. The molecule has 0 saturated heterocycles. The number of aromatic amines is 1.